The molecule has 0 aliphatic rings. The Kier molecular flexibility index (Phi) is 2.51. The molecule has 0 radical (unpaired) electrons. The van der Waals surface area contributed by atoms with Crippen molar-refractivity contribution in [2.75, 3.05) is 5.73 Å². The number of carboxylic acids is 1. The molecule has 2 rings (SSSR count). The lowest BCUT2D eigenvalue weighted by Gasteiger charge is -2.04. The number of hydrogen-bond donors (Lipinski definition) is 3. The zero-order valence-electron chi connectivity index (χ0n) is 8.37. The van der Waals surface area contributed by atoms with Crippen molar-refractivity contribution in [3.05, 3.63) is 35.5 Å². The van der Waals surface area contributed by atoms with Gasteiger partial charge in [0, 0.05) is 11.1 Å². The Labute approximate surface area is 93.9 Å². The van der Waals surface area contributed by atoms with Gasteiger partial charge in [-0.25, -0.2) is 13.6 Å². The van der Waals surface area contributed by atoms with E-state index in [0.717, 1.165) is 6.07 Å². The number of aromatic nitrogens is 2. The van der Waals surface area contributed by atoms with Gasteiger partial charge in [-0.05, 0) is 12.1 Å². The fourth-order valence-corrected chi connectivity index (χ4v) is 1.43. The molecular weight excluding hydrogens is 232 g/mol. The third-order valence-corrected chi connectivity index (χ3v) is 2.25. The molecule has 4 N–H and O–H groups in total. The van der Waals surface area contributed by atoms with Crippen LogP contribution in [0, 0.1) is 11.6 Å². The number of carboxylic acid groups (broad SMARTS) is 1. The molecule has 1 aromatic heterocycles. The monoisotopic (exact) mass is 239 g/mol. The smallest absolute Gasteiger partial charge is 0.338 e. The number of halogens is 2. The predicted molar refractivity (Wildman–Crippen MR) is 55.3 cm³/mol. The van der Waals surface area contributed by atoms with E-state index in [9.17, 15) is 13.6 Å². The van der Waals surface area contributed by atoms with Crippen LogP contribution in [0.1, 0.15) is 10.4 Å². The van der Waals surface area contributed by atoms with Crippen LogP contribution in [0.5, 0.6) is 0 Å². The maximum Gasteiger partial charge on any atom is 0.338 e. The predicted octanol–water partition coefficient (Wildman–Crippen LogP) is 1.64. The minimum absolute atomic E-state index is 0.0753. The van der Waals surface area contributed by atoms with E-state index in [2.05, 4.69) is 10.2 Å². The zero-order valence-corrected chi connectivity index (χ0v) is 8.37. The highest BCUT2D eigenvalue weighted by molar-refractivity contribution is 5.89. The number of hydrogen-bond acceptors (Lipinski definition) is 3. The Hall–Kier alpha value is -2.44. The summed E-state index contributed by atoms with van der Waals surface area (Å²) in [6.45, 7) is 0. The van der Waals surface area contributed by atoms with Crippen LogP contribution in [0.15, 0.2) is 18.3 Å². The molecule has 0 saturated carbocycles. The van der Waals surface area contributed by atoms with Crippen LogP contribution < -0.4 is 5.73 Å². The Morgan fingerprint density at radius 2 is 2.00 bits per heavy atom. The number of anilines is 1. The van der Waals surface area contributed by atoms with Crippen LogP contribution in [-0.2, 0) is 0 Å². The fraction of sp³-hybridized carbons (Fsp3) is 0. The Balaban J connectivity index is 2.62. The summed E-state index contributed by atoms with van der Waals surface area (Å²) in [6, 6.07) is 1.39. The van der Waals surface area contributed by atoms with Gasteiger partial charge in [0.25, 0.3) is 0 Å². The largest absolute Gasteiger partial charge is 0.478 e. The Morgan fingerprint density at radius 1 is 1.29 bits per heavy atom. The average Bonchev–Trinajstić information content (AvgIpc) is 2.67. The molecule has 0 saturated heterocycles. The minimum Gasteiger partial charge on any atom is -0.478 e. The SMILES string of the molecule is Nc1[nH]ncc1-c1cc(F)c(C(=O)O)cc1F. The number of aromatic carboxylic acids is 1. The second kappa shape index (κ2) is 3.85. The van der Waals surface area contributed by atoms with E-state index in [1.807, 2.05) is 0 Å². The number of nitrogens with one attached hydrogen (secondary N) is 1. The lowest BCUT2D eigenvalue weighted by atomic mass is 10.0. The summed E-state index contributed by atoms with van der Waals surface area (Å²) in [4.78, 5) is 10.6. The van der Waals surface area contributed by atoms with Crippen LogP contribution in [0.25, 0.3) is 11.1 Å². The van der Waals surface area contributed by atoms with Crippen LogP contribution in [0.4, 0.5) is 14.6 Å². The maximum absolute atomic E-state index is 13.6. The second-order valence-electron chi connectivity index (χ2n) is 3.31. The molecule has 0 fully saturated rings. The van der Waals surface area contributed by atoms with Gasteiger partial charge < -0.3 is 10.8 Å². The molecule has 0 spiro atoms. The number of rotatable bonds is 2. The van der Waals surface area contributed by atoms with E-state index in [1.165, 1.54) is 6.20 Å². The van der Waals surface area contributed by atoms with E-state index < -0.39 is 23.2 Å². The highest BCUT2D eigenvalue weighted by atomic mass is 19.1. The fourth-order valence-electron chi connectivity index (χ4n) is 1.43. The zero-order chi connectivity index (χ0) is 12.6. The molecule has 0 atom stereocenters. The summed E-state index contributed by atoms with van der Waals surface area (Å²) < 4.78 is 27.0. The third kappa shape index (κ3) is 1.82. The van der Waals surface area contributed by atoms with Gasteiger partial charge in [0.1, 0.15) is 17.5 Å². The molecule has 1 aromatic carbocycles. The molecule has 7 heteroatoms. The van der Waals surface area contributed by atoms with E-state index >= 15 is 0 Å². The molecule has 1 heterocycles. The van der Waals surface area contributed by atoms with Crippen molar-refractivity contribution in [1.82, 2.24) is 10.2 Å². The molecule has 88 valence electrons. The lowest BCUT2D eigenvalue weighted by Crippen LogP contribution is -2.02. The number of benzene rings is 1. The van der Waals surface area contributed by atoms with Gasteiger partial charge in [0.05, 0.1) is 11.8 Å². The first-order valence-electron chi connectivity index (χ1n) is 4.52. The van der Waals surface area contributed by atoms with Crippen LogP contribution in [-0.4, -0.2) is 21.3 Å². The van der Waals surface area contributed by atoms with Gasteiger partial charge in [-0.1, -0.05) is 0 Å². The number of nitrogens with zero attached hydrogens (tertiary/aromatic N) is 1. The van der Waals surface area contributed by atoms with Crippen molar-refractivity contribution in [3.8, 4) is 11.1 Å². The van der Waals surface area contributed by atoms with E-state index in [1.54, 1.807) is 0 Å². The molecule has 0 aliphatic heterocycles. The van der Waals surface area contributed by atoms with Gasteiger partial charge in [-0.2, -0.15) is 5.10 Å². The Bertz CT molecular complexity index is 595. The van der Waals surface area contributed by atoms with Gasteiger partial charge in [-0.3, -0.25) is 5.10 Å². The van der Waals surface area contributed by atoms with Crippen molar-refractivity contribution in [1.29, 1.82) is 0 Å². The number of H-pyrrole nitrogens is 1. The van der Waals surface area contributed by atoms with Crippen LogP contribution in [0.3, 0.4) is 0 Å². The number of carbonyl (C=O) groups is 1. The van der Waals surface area contributed by atoms with Crippen LogP contribution >= 0.6 is 0 Å². The summed E-state index contributed by atoms with van der Waals surface area (Å²) in [6.07, 6.45) is 1.23. The molecule has 0 unspecified atom stereocenters. The summed E-state index contributed by atoms with van der Waals surface area (Å²) in [5, 5.41) is 14.6. The summed E-state index contributed by atoms with van der Waals surface area (Å²) >= 11 is 0. The molecule has 0 bridgehead atoms. The first-order chi connectivity index (χ1) is 8.00. The van der Waals surface area contributed by atoms with Gasteiger partial charge >= 0.3 is 5.97 Å². The highest BCUT2D eigenvalue weighted by Crippen LogP contribution is 2.28. The van der Waals surface area contributed by atoms with Crippen molar-refractivity contribution in [3.63, 3.8) is 0 Å². The van der Waals surface area contributed by atoms with E-state index in [0.29, 0.717) is 6.07 Å². The van der Waals surface area contributed by atoms with E-state index in [-0.39, 0.29) is 16.9 Å². The first-order valence-corrected chi connectivity index (χ1v) is 4.52. The standard InChI is InChI=1S/C10H7F2N3O2/c11-7-2-5(10(16)17)8(12)1-4(7)6-3-14-15-9(6)13/h1-3H,(H,16,17)(H3,13,14,15). The summed E-state index contributed by atoms with van der Waals surface area (Å²) in [7, 11) is 0. The summed E-state index contributed by atoms with van der Waals surface area (Å²) in [5.41, 5.74) is 4.78. The molecule has 0 aliphatic carbocycles. The van der Waals surface area contributed by atoms with Crippen molar-refractivity contribution in [2.45, 2.75) is 0 Å². The molecule has 5 nitrogen and oxygen atoms in total. The first kappa shape index (κ1) is 11.1. The third-order valence-electron chi connectivity index (χ3n) is 2.25. The number of nitrogen functional groups attached to an aromatic ring is 1. The van der Waals surface area contributed by atoms with Crippen LogP contribution in [0.2, 0.25) is 0 Å². The van der Waals surface area contributed by atoms with Gasteiger partial charge in [0.15, 0.2) is 0 Å². The quantitative estimate of drug-likeness (QED) is 0.742. The Morgan fingerprint density at radius 3 is 2.53 bits per heavy atom. The molecule has 17 heavy (non-hydrogen) atoms. The average molecular weight is 239 g/mol. The molecule has 0 amide bonds. The normalized spacial score (nSPS) is 10.5. The molecular formula is C10H7F2N3O2. The topological polar surface area (TPSA) is 92.0 Å². The van der Waals surface area contributed by atoms with Gasteiger partial charge in [-0.15, -0.1) is 0 Å². The van der Waals surface area contributed by atoms with Crippen molar-refractivity contribution >= 4 is 11.8 Å². The second-order valence-corrected chi connectivity index (χ2v) is 3.31. The number of aromatic amines is 1. The van der Waals surface area contributed by atoms with E-state index in [4.69, 9.17) is 10.8 Å². The minimum atomic E-state index is -1.53. The highest BCUT2D eigenvalue weighted by Gasteiger charge is 2.17. The lowest BCUT2D eigenvalue weighted by molar-refractivity contribution is 0.0691. The van der Waals surface area contributed by atoms with Crippen molar-refractivity contribution < 1.29 is 18.7 Å². The maximum atomic E-state index is 13.6. The van der Waals surface area contributed by atoms with Gasteiger partial charge in [0.2, 0.25) is 0 Å². The summed E-state index contributed by atoms with van der Waals surface area (Å²) in [5.74, 6) is -3.37. The van der Waals surface area contributed by atoms with Crippen molar-refractivity contribution in [2.24, 2.45) is 0 Å². The molecule has 2 aromatic rings. The number of nitrogens with two attached hydrogens (primary N) is 1.